The summed E-state index contributed by atoms with van der Waals surface area (Å²) in [7, 11) is 1.62. The van der Waals surface area contributed by atoms with Gasteiger partial charge in [0.2, 0.25) is 0 Å². The molecule has 4 nitrogen and oxygen atoms in total. The van der Waals surface area contributed by atoms with Crippen LogP contribution in [0.3, 0.4) is 0 Å². The monoisotopic (exact) mass is 236 g/mol. The van der Waals surface area contributed by atoms with Crippen LogP contribution in [0.5, 0.6) is 5.75 Å². The number of benzene rings is 1. The predicted molar refractivity (Wildman–Crippen MR) is 64.2 cm³/mol. The minimum atomic E-state index is -0.156. The molecule has 16 heavy (non-hydrogen) atoms. The molecule has 0 saturated heterocycles. The molecule has 1 heterocycles. The van der Waals surface area contributed by atoms with Gasteiger partial charge in [0, 0.05) is 0 Å². The van der Waals surface area contributed by atoms with Gasteiger partial charge in [-0.05, 0) is 31.0 Å². The molecule has 1 aromatic heterocycles. The van der Waals surface area contributed by atoms with Crippen LogP contribution in [-0.4, -0.2) is 17.3 Å². The lowest BCUT2D eigenvalue weighted by Gasteiger charge is -2.10. The van der Waals surface area contributed by atoms with E-state index in [2.05, 4.69) is 10.2 Å². The zero-order valence-corrected chi connectivity index (χ0v) is 10.1. The van der Waals surface area contributed by atoms with E-state index in [1.807, 2.05) is 26.0 Å². The van der Waals surface area contributed by atoms with Gasteiger partial charge in [0.1, 0.15) is 5.75 Å². The molecule has 1 aromatic carbocycles. The van der Waals surface area contributed by atoms with Crippen LogP contribution in [0.1, 0.15) is 11.1 Å². The number of hydrogen-bond donors (Lipinski definition) is 1. The van der Waals surface area contributed by atoms with E-state index in [1.54, 1.807) is 7.11 Å². The van der Waals surface area contributed by atoms with Gasteiger partial charge in [0.05, 0.1) is 12.7 Å². The summed E-state index contributed by atoms with van der Waals surface area (Å²) >= 11 is 1.09. The third kappa shape index (κ3) is 1.86. The lowest BCUT2D eigenvalue weighted by Crippen LogP contribution is -1.92. The number of H-pyrrole nitrogens is 1. The van der Waals surface area contributed by atoms with Gasteiger partial charge in [-0.1, -0.05) is 17.4 Å². The van der Waals surface area contributed by atoms with Crippen molar-refractivity contribution >= 4 is 11.3 Å². The van der Waals surface area contributed by atoms with Crippen molar-refractivity contribution in [2.45, 2.75) is 13.8 Å². The SMILES string of the molecule is COc1cc(C)cc(C)c1-c1n[nH]c(=O)s1. The van der Waals surface area contributed by atoms with Crippen molar-refractivity contribution < 1.29 is 4.74 Å². The fraction of sp³-hybridized carbons (Fsp3) is 0.273. The Labute approximate surface area is 96.9 Å². The van der Waals surface area contributed by atoms with Gasteiger partial charge < -0.3 is 4.74 Å². The number of rotatable bonds is 2. The molecule has 2 rings (SSSR count). The Balaban J connectivity index is 2.68. The predicted octanol–water partition coefficient (Wildman–Crippen LogP) is 2.12. The van der Waals surface area contributed by atoms with Crippen molar-refractivity contribution in [3.63, 3.8) is 0 Å². The molecule has 0 atom stereocenters. The summed E-state index contributed by atoms with van der Waals surface area (Å²) in [5, 5.41) is 7.07. The van der Waals surface area contributed by atoms with Crippen LogP contribution in [0.15, 0.2) is 16.9 Å². The Hall–Kier alpha value is -1.62. The highest BCUT2D eigenvalue weighted by molar-refractivity contribution is 7.12. The van der Waals surface area contributed by atoms with Crippen molar-refractivity contribution in [1.82, 2.24) is 10.2 Å². The molecule has 0 spiro atoms. The molecule has 0 fully saturated rings. The fourth-order valence-corrected chi connectivity index (χ4v) is 2.42. The lowest BCUT2D eigenvalue weighted by molar-refractivity contribution is 0.416. The maximum absolute atomic E-state index is 11.1. The number of aromatic amines is 1. The van der Waals surface area contributed by atoms with E-state index in [0.717, 1.165) is 33.8 Å². The fourth-order valence-electron chi connectivity index (χ4n) is 1.70. The summed E-state index contributed by atoms with van der Waals surface area (Å²) in [4.78, 5) is 10.9. The van der Waals surface area contributed by atoms with Gasteiger partial charge in [-0.2, -0.15) is 5.10 Å². The van der Waals surface area contributed by atoms with E-state index in [1.165, 1.54) is 0 Å². The van der Waals surface area contributed by atoms with Gasteiger partial charge in [-0.3, -0.25) is 4.79 Å². The number of ether oxygens (including phenoxy) is 1. The Bertz CT molecular complexity index is 572. The number of nitrogens with one attached hydrogen (secondary N) is 1. The summed E-state index contributed by atoms with van der Waals surface area (Å²) in [6.45, 7) is 3.99. The van der Waals surface area contributed by atoms with Gasteiger partial charge in [-0.15, -0.1) is 0 Å². The van der Waals surface area contributed by atoms with Crippen LogP contribution >= 0.6 is 11.3 Å². The van der Waals surface area contributed by atoms with Gasteiger partial charge in [-0.25, -0.2) is 5.10 Å². The van der Waals surface area contributed by atoms with Crippen molar-refractivity contribution in [3.8, 4) is 16.3 Å². The molecule has 0 aliphatic rings. The second kappa shape index (κ2) is 4.09. The average molecular weight is 236 g/mol. The summed E-state index contributed by atoms with van der Waals surface area (Å²) in [5.41, 5.74) is 3.07. The van der Waals surface area contributed by atoms with Crippen LogP contribution in [0, 0.1) is 13.8 Å². The van der Waals surface area contributed by atoms with Gasteiger partial charge in [0.25, 0.3) is 0 Å². The molecule has 5 heteroatoms. The number of methoxy groups -OCH3 is 1. The van der Waals surface area contributed by atoms with Gasteiger partial charge >= 0.3 is 4.87 Å². The Morgan fingerprint density at radius 3 is 2.69 bits per heavy atom. The van der Waals surface area contributed by atoms with Crippen LogP contribution in [-0.2, 0) is 0 Å². The molecule has 1 N–H and O–H groups in total. The van der Waals surface area contributed by atoms with Crippen molar-refractivity contribution in [3.05, 3.63) is 32.9 Å². The average Bonchev–Trinajstić information content (AvgIpc) is 2.63. The molecule has 0 bridgehead atoms. The molecular formula is C11H12N2O2S. The smallest absolute Gasteiger partial charge is 0.322 e. The molecule has 0 unspecified atom stereocenters. The molecule has 0 radical (unpaired) electrons. The highest BCUT2D eigenvalue weighted by Crippen LogP contribution is 2.33. The minimum absolute atomic E-state index is 0.156. The second-order valence-corrected chi connectivity index (χ2v) is 4.54. The van der Waals surface area contributed by atoms with E-state index in [0.29, 0.717) is 5.01 Å². The summed E-state index contributed by atoms with van der Waals surface area (Å²) in [6.07, 6.45) is 0. The normalized spacial score (nSPS) is 10.4. The first-order chi connectivity index (χ1) is 7.61. The minimum Gasteiger partial charge on any atom is -0.496 e. The number of hydrogen-bond acceptors (Lipinski definition) is 4. The van der Waals surface area contributed by atoms with Crippen LogP contribution < -0.4 is 9.61 Å². The van der Waals surface area contributed by atoms with E-state index in [4.69, 9.17) is 4.74 Å². The van der Waals surface area contributed by atoms with Crippen molar-refractivity contribution in [2.24, 2.45) is 0 Å². The zero-order chi connectivity index (χ0) is 11.7. The van der Waals surface area contributed by atoms with E-state index in [9.17, 15) is 4.79 Å². The quantitative estimate of drug-likeness (QED) is 0.869. The summed E-state index contributed by atoms with van der Waals surface area (Å²) < 4.78 is 5.32. The largest absolute Gasteiger partial charge is 0.496 e. The molecular weight excluding hydrogens is 224 g/mol. The van der Waals surface area contributed by atoms with Crippen molar-refractivity contribution in [1.29, 1.82) is 0 Å². The zero-order valence-electron chi connectivity index (χ0n) is 9.33. The Morgan fingerprint density at radius 2 is 2.12 bits per heavy atom. The van der Waals surface area contributed by atoms with E-state index < -0.39 is 0 Å². The lowest BCUT2D eigenvalue weighted by atomic mass is 10.0. The molecule has 84 valence electrons. The summed E-state index contributed by atoms with van der Waals surface area (Å²) in [6, 6.07) is 3.98. The maximum Gasteiger partial charge on any atom is 0.322 e. The first kappa shape index (κ1) is 10.9. The van der Waals surface area contributed by atoms with Crippen LogP contribution in [0.25, 0.3) is 10.6 Å². The van der Waals surface area contributed by atoms with Crippen molar-refractivity contribution in [2.75, 3.05) is 7.11 Å². The molecule has 0 aliphatic heterocycles. The third-order valence-corrected chi connectivity index (χ3v) is 3.08. The first-order valence-corrected chi connectivity index (χ1v) is 5.64. The second-order valence-electron chi connectivity index (χ2n) is 3.58. The molecule has 0 saturated carbocycles. The molecule has 2 aromatic rings. The molecule has 0 aliphatic carbocycles. The van der Waals surface area contributed by atoms with E-state index >= 15 is 0 Å². The highest BCUT2D eigenvalue weighted by atomic mass is 32.1. The topological polar surface area (TPSA) is 55.0 Å². The number of aryl methyl sites for hydroxylation is 2. The first-order valence-electron chi connectivity index (χ1n) is 4.83. The number of nitrogens with zero attached hydrogens (tertiary/aromatic N) is 1. The third-order valence-electron chi connectivity index (χ3n) is 2.32. The Kier molecular flexibility index (Phi) is 2.78. The highest BCUT2D eigenvalue weighted by Gasteiger charge is 2.13. The number of aromatic nitrogens is 2. The van der Waals surface area contributed by atoms with Crippen LogP contribution in [0.4, 0.5) is 0 Å². The summed E-state index contributed by atoms with van der Waals surface area (Å²) in [5.74, 6) is 0.750. The van der Waals surface area contributed by atoms with Gasteiger partial charge in [0.15, 0.2) is 5.01 Å². The molecule has 0 amide bonds. The van der Waals surface area contributed by atoms with Crippen LogP contribution in [0.2, 0.25) is 0 Å². The Morgan fingerprint density at radius 1 is 1.38 bits per heavy atom. The van der Waals surface area contributed by atoms with E-state index in [-0.39, 0.29) is 4.87 Å². The standard InChI is InChI=1S/C11H12N2O2S/c1-6-4-7(2)9(8(5-6)15-3)10-12-13-11(14)16-10/h4-5H,1-3H3,(H,13,14). The maximum atomic E-state index is 11.1.